The maximum absolute atomic E-state index is 13.2. The van der Waals surface area contributed by atoms with Crippen LogP contribution in [0.2, 0.25) is 0 Å². The van der Waals surface area contributed by atoms with Gasteiger partial charge in [0.15, 0.2) is 34.6 Å². The third-order valence-corrected chi connectivity index (χ3v) is 11.7. The number of aliphatic imine (C=N–C) groups is 3. The summed E-state index contributed by atoms with van der Waals surface area (Å²) in [6.45, 7) is 0.272. The molecule has 0 unspecified atom stereocenters. The van der Waals surface area contributed by atoms with Gasteiger partial charge in [-0.3, -0.25) is 32.1 Å². The lowest BCUT2D eigenvalue weighted by Crippen LogP contribution is -2.34. The molecule has 3 aromatic carbocycles. The molecule has 0 aliphatic rings. The molecule has 0 saturated heterocycles. The first-order valence-electron chi connectivity index (χ1n) is 19.7. The molecular weight excluding hydrogens is 1280 g/mol. The van der Waals surface area contributed by atoms with E-state index in [4.69, 9.17) is 15.4 Å². The van der Waals surface area contributed by atoms with Crippen LogP contribution in [0, 0.1) is 17.5 Å². The summed E-state index contributed by atoms with van der Waals surface area (Å²) in [5.74, 6) is -1.49. The van der Waals surface area contributed by atoms with Gasteiger partial charge in [-0.05, 0) is 133 Å². The van der Waals surface area contributed by atoms with Crippen molar-refractivity contribution in [2.75, 3.05) is 55.2 Å². The van der Waals surface area contributed by atoms with Gasteiger partial charge >= 0.3 is 0 Å². The lowest BCUT2D eigenvalue weighted by atomic mass is 10.3. The molecule has 3 heterocycles. The number of anilines is 3. The summed E-state index contributed by atoms with van der Waals surface area (Å²) in [6, 6.07) is 11.9. The number of benzene rings is 3. The van der Waals surface area contributed by atoms with Crippen molar-refractivity contribution in [1.29, 1.82) is 0 Å². The molecule has 0 amide bonds. The minimum atomic E-state index is -3.81. The van der Waals surface area contributed by atoms with Crippen LogP contribution in [0.4, 0.5) is 47.7 Å². The fraction of sp³-hybridized carbons (Fsp3) is 0.182. The second-order valence-electron chi connectivity index (χ2n) is 13.5. The van der Waals surface area contributed by atoms with Gasteiger partial charge in [0, 0.05) is 39.3 Å². The predicted octanol–water partition coefficient (Wildman–Crippen LogP) is 0.700. The van der Waals surface area contributed by atoms with E-state index in [1.54, 1.807) is 0 Å². The SMILES string of the molecule is NS(=O)(=O)NCCNc1nonc1C(=Nc1ccc(F)c(Br)c1)NO.NS(=O)(=O)NCCNc1nonc1C(=Nc1ccc(F)c(Br)c1)NO.NS(=O)(=O)NCCNc1nonc1C(=Nc1ccc(F)c(Br)c1)NO. The number of nitrogens with one attached hydrogen (secondary N) is 9. The van der Waals surface area contributed by atoms with Crippen LogP contribution in [0.1, 0.15) is 17.1 Å². The minimum Gasteiger partial charge on any atom is -0.364 e. The Morgan fingerprint density at radius 2 is 0.720 bits per heavy atom. The van der Waals surface area contributed by atoms with E-state index in [1.165, 1.54) is 54.6 Å². The Bertz CT molecular complexity index is 2960. The summed E-state index contributed by atoms with van der Waals surface area (Å²) in [6.07, 6.45) is 0. The molecule has 0 spiro atoms. The molecule has 18 N–H and O–H groups in total. The van der Waals surface area contributed by atoms with Gasteiger partial charge in [0.05, 0.1) is 30.5 Å². The van der Waals surface area contributed by atoms with Gasteiger partial charge in [-0.15, -0.1) is 0 Å². The van der Waals surface area contributed by atoms with E-state index in [9.17, 15) is 54.0 Å². The Morgan fingerprint density at radius 3 is 0.933 bits per heavy atom. The molecule has 0 aliphatic carbocycles. The molecular formula is C33H39Br3F3N21O12S3. The zero-order valence-corrected chi connectivity index (χ0v) is 44.4. The lowest BCUT2D eigenvalue weighted by Gasteiger charge is -2.06. The number of aromatic nitrogens is 6. The average molecular weight is 1310 g/mol. The van der Waals surface area contributed by atoms with Crippen molar-refractivity contribution in [3.8, 4) is 0 Å². The predicted molar refractivity (Wildman–Crippen MR) is 267 cm³/mol. The zero-order chi connectivity index (χ0) is 55.3. The van der Waals surface area contributed by atoms with Gasteiger partial charge in [0.2, 0.25) is 17.5 Å². The molecule has 0 atom stereocenters. The lowest BCUT2D eigenvalue weighted by molar-refractivity contribution is 0.233. The van der Waals surface area contributed by atoms with Crippen LogP contribution >= 0.6 is 47.8 Å². The van der Waals surface area contributed by atoms with Crippen molar-refractivity contribution < 1.29 is 67.9 Å². The van der Waals surface area contributed by atoms with Gasteiger partial charge in [-0.1, -0.05) is 0 Å². The van der Waals surface area contributed by atoms with E-state index in [0.29, 0.717) is 17.1 Å². The Hall–Kier alpha value is -6.39. The van der Waals surface area contributed by atoms with Crippen LogP contribution in [0.3, 0.4) is 0 Å². The van der Waals surface area contributed by atoms with E-state index in [1.807, 2.05) is 16.4 Å². The number of nitrogens with zero attached hydrogens (tertiary/aromatic N) is 9. The van der Waals surface area contributed by atoms with Crippen molar-refractivity contribution in [3.63, 3.8) is 0 Å². The van der Waals surface area contributed by atoms with E-state index >= 15 is 0 Å². The number of rotatable bonds is 21. The highest BCUT2D eigenvalue weighted by Gasteiger charge is 2.20. The normalized spacial score (nSPS) is 12.2. The number of hydroxylamine groups is 3. The molecule has 0 bridgehead atoms. The molecule has 75 heavy (non-hydrogen) atoms. The molecule has 0 radical (unpaired) electrons. The molecule has 6 rings (SSSR count). The quantitative estimate of drug-likeness (QED) is 0.0204. The van der Waals surface area contributed by atoms with Gasteiger partial charge in [-0.2, -0.15) is 25.3 Å². The van der Waals surface area contributed by atoms with Crippen LogP contribution in [0.25, 0.3) is 0 Å². The van der Waals surface area contributed by atoms with Crippen molar-refractivity contribution in [2.24, 2.45) is 30.4 Å². The summed E-state index contributed by atoms with van der Waals surface area (Å²) in [7, 11) is -11.4. The second-order valence-corrected chi connectivity index (χ2v) is 20.2. The minimum absolute atomic E-state index is 0.0188. The van der Waals surface area contributed by atoms with Crippen LogP contribution < -0.4 is 62.0 Å². The molecule has 42 heteroatoms. The second kappa shape index (κ2) is 29.1. The molecule has 0 saturated carbocycles. The molecule has 33 nitrogen and oxygen atoms in total. The summed E-state index contributed by atoms with van der Waals surface area (Å²) in [5.41, 5.74) is 6.57. The van der Waals surface area contributed by atoms with Crippen molar-refractivity contribution >= 4 is 130 Å². The maximum Gasteiger partial charge on any atom is 0.274 e. The average Bonchev–Trinajstić information content (AvgIpc) is 4.13. The molecule has 0 fully saturated rings. The standard InChI is InChI=1S/3C11H13BrFN7O4S/c3*12-7-5-6(1-2-8(7)13)17-11(18-21)9-10(20-24-19-9)15-3-4-16-25(14,22)23/h3*1-2,5,16,21H,3-4H2,(H,15,20)(H,17,18)(H2,14,22,23). The first-order chi connectivity index (χ1) is 35.4. The van der Waals surface area contributed by atoms with E-state index in [-0.39, 0.29) is 105 Å². The highest BCUT2D eigenvalue weighted by Crippen LogP contribution is 2.26. The Balaban J connectivity index is 0.000000243. The third-order valence-electron chi connectivity index (χ3n) is 8.05. The first kappa shape index (κ1) is 61.2. The van der Waals surface area contributed by atoms with Crippen molar-refractivity contribution in [2.45, 2.75) is 0 Å². The van der Waals surface area contributed by atoms with Crippen LogP contribution in [-0.2, 0) is 30.6 Å². The fourth-order valence-corrected chi connectivity index (χ4v) is 7.21. The van der Waals surface area contributed by atoms with Gasteiger partial charge in [0.1, 0.15) is 17.5 Å². The van der Waals surface area contributed by atoms with Gasteiger partial charge < -0.3 is 16.0 Å². The van der Waals surface area contributed by atoms with E-state index in [0.717, 1.165) is 0 Å². The van der Waals surface area contributed by atoms with Crippen molar-refractivity contribution in [1.82, 2.24) is 61.5 Å². The number of hydrogen-bond acceptors (Lipinski definition) is 24. The third kappa shape index (κ3) is 21.4. The summed E-state index contributed by atoms with van der Waals surface area (Å²) < 4.78 is 125. The zero-order valence-electron chi connectivity index (χ0n) is 37.2. The van der Waals surface area contributed by atoms with Crippen LogP contribution in [0.5, 0.6) is 0 Å². The molecule has 6 aromatic rings. The Morgan fingerprint density at radius 1 is 0.467 bits per heavy atom. The molecule has 3 aromatic heterocycles. The summed E-state index contributed by atoms with van der Waals surface area (Å²) in [4.78, 5) is 12.2. The van der Waals surface area contributed by atoms with Crippen LogP contribution in [-0.4, -0.2) is 129 Å². The topological polar surface area (TPSA) is 503 Å². The summed E-state index contributed by atoms with van der Waals surface area (Å²) in [5, 5.41) is 72.0. The van der Waals surface area contributed by atoms with Gasteiger partial charge in [0.25, 0.3) is 30.6 Å². The smallest absolute Gasteiger partial charge is 0.274 e. The largest absolute Gasteiger partial charge is 0.364 e. The number of halogens is 6. The Kier molecular flexibility index (Phi) is 23.7. The first-order valence-corrected chi connectivity index (χ1v) is 26.8. The number of hydrogen-bond donors (Lipinski definition) is 15. The van der Waals surface area contributed by atoms with Gasteiger partial charge in [-0.25, -0.2) is 71.6 Å². The maximum atomic E-state index is 13.2. The summed E-state index contributed by atoms with van der Waals surface area (Å²) >= 11 is 9.08. The monoisotopic (exact) mass is 1310 g/mol. The highest BCUT2D eigenvalue weighted by molar-refractivity contribution is 9.11. The Labute approximate surface area is 445 Å². The van der Waals surface area contributed by atoms with Crippen LogP contribution in [0.15, 0.2) is 96.9 Å². The molecule has 408 valence electrons. The molecule has 0 aliphatic heterocycles. The number of nitrogens with two attached hydrogens (primary N) is 3. The fourth-order valence-electron chi connectivity index (χ4n) is 4.95. The van der Waals surface area contributed by atoms with Crippen molar-refractivity contribution in [3.05, 3.63) is 103 Å². The van der Waals surface area contributed by atoms with E-state index in [2.05, 4.69) is 138 Å². The number of amidine groups is 3. The highest BCUT2D eigenvalue weighted by atomic mass is 79.9. The van der Waals surface area contributed by atoms with E-state index < -0.39 is 48.1 Å².